The molecule has 30 heavy (non-hydrogen) atoms. The zero-order valence-corrected chi connectivity index (χ0v) is 18.3. The average Bonchev–Trinajstić information content (AvgIpc) is 3.03. The van der Waals surface area contributed by atoms with Crippen molar-refractivity contribution in [3.63, 3.8) is 0 Å². The van der Waals surface area contributed by atoms with Gasteiger partial charge in [0.2, 0.25) is 11.8 Å². The van der Waals surface area contributed by atoms with Crippen LogP contribution in [0.3, 0.4) is 0 Å². The van der Waals surface area contributed by atoms with Crippen LogP contribution < -0.4 is 15.0 Å². The van der Waals surface area contributed by atoms with Gasteiger partial charge in [0.1, 0.15) is 5.75 Å². The van der Waals surface area contributed by atoms with Crippen LogP contribution in [0, 0.1) is 0 Å². The molecular formula is C22H26N2O5S. The van der Waals surface area contributed by atoms with Crippen LogP contribution in [0.5, 0.6) is 5.75 Å². The number of rotatable bonds is 6. The molecular weight excluding hydrogens is 404 g/mol. The van der Waals surface area contributed by atoms with E-state index in [0.717, 1.165) is 11.3 Å². The maximum Gasteiger partial charge on any atom is 0.225 e. The standard InChI is InChI=1S/C22H26N2O5S/c1-14-11-17-13-20(9-10-21(17)24(14)16(3)25)30(27,28)15(2)12-22(26)23-18-5-7-19(29-4)8-6-18/h5-10,13-15H,11-12H2,1-4H3,(H,23,26)/t14-,15-/m1/s1. The van der Waals surface area contributed by atoms with E-state index in [1.54, 1.807) is 48.4 Å². The van der Waals surface area contributed by atoms with Crippen molar-refractivity contribution in [2.45, 2.75) is 49.8 Å². The quantitative estimate of drug-likeness (QED) is 0.760. The molecule has 1 N–H and O–H groups in total. The fourth-order valence-corrected chi connectivity index (χ4v) is 5.15. The number of anilines is 2. The first-order valence-electron chi connectivity index (χ1n) is 9.74. The van der Waals surface area contributed by atoms with E-state index in [2.05, 4.69) is 5.32 Å². The summed E-state index contributed by atoms with van der Waals surface area (Å²) in [4.78, 5) is 26.1. The summed E-state index contributed by atoms with van der Waals surface area (Å²) in [7, 11) is -2.15. The first-order valence-corrected chi connectivity index (χ1v) is 11.3. The highest BCUT2D eigenvalue weighted by molar-refractivity contribution is 7.92. The first-order chi connectivity index (χ1) is 14.1. The highest BCUT2D eigenvalue weighted by Crippen LogP contribution is 2.34. The van der Waals surface area contributed by atoms with Gasteiger partial charge >= 0.3 is 0 Å². The van der Waals surface area contributed by atoms with Gasteiger partial charge in [-0.25, -0.2) is 8.42 Å². The van der Waals surface area contributed by atoms with Gasteiger partial charge < -0.3 is 15.0 Å². The summed E-state index contributed by atoms with van der Waals surface area (Å²) in [5.74, 6) is 0.215. The average molecular weight is 431 g/mol. The Hall–Kier alpha value is -2.87. The Morgan fingerprint density at radius 3 is 2.47 bits per heavy atom. The lowest BCUT2D eigenvalue weighted by Gasteiger charge is -2.20. The van der Waals surface area contributed by atoms with Gasteiger partial charge in [0, 0.05) is 30.8 Å². The van der Waals surface area contributed by atoms with Crippen molar-refractivity contribution in [1.82, 2.24) is 0 Å². The molecule has 0 saturated heterocycles. The van der Waals surface area contributed by atoms with Crippen LogP contribution in [-0.2, 0) is 25.8 Å². The molecule has 2 aromatic rings. The van der Waals surface area contributed by atoms with Crippen molar-refractivity contribution in [2.75, 3.05) is 17.3 Å². The van der Waals surface area contributed by atoms with Crippen molar-refractivity contribution in [2.24, 2.45) is 0 Å². The van der Waals surface area contributed by atoms with Crippen molar-refractivity contribution in [1.29, 1.82) is 0 Å². The number of benzene rings is 2. The number of fused-ring (bicyclic) bond motifs is 1. The molecule has 8 heteroatoms. The maximum absolute atomic E-state index is 13.0. The minimum absolute atomic E-state index is 0.0110. The Balaban J connectivity index is 1.72. The summed E-state index contributed by atoms with van der Waals surface area (Å²) in [6, 6.07) is 11.6. The number of ether oxygens (including phenoxy) is 1. The van der Waals surface area contributed by atoms with Gasteiger partial charge in [-0.2, -0.15) is 0 Å². The van der Waals surface area contributed by atoms with Crippen LogP contribution in [0.1, 0.15) is 32.8 Å². The minimum atomic E-state index is -3.70. The monoisotopic (exact) mass is 430 g/mol. The number of nitrogens with zero attached hydrogens (tertiary/aromatic N) is 1. The van der Waals surface area contributed by atoms with Gasteiger partial charge in [-0.3, -0.25) is 9.59 Å². The smallest absolute Gasteiger partial charge is 0.225 e. The third-order valence-corrected chi connectivity index (χ3v) is 7.45. The molecule has 2 atom stereocenters. The SMILES string of the molecule is COc1ccc(NC(=O)C[C@@H](C)S(=O)(=O)c2ccc3c(c2)C[C@@H](C)N3C(C)=O)cc1. The molecule has 0 unspecified atom stereocenters. The number of amides is 2. The van der Waals surface area contributed by atoms with E-state index in [1.807, 2.05) is 6.92 Å². The Morgan fingerprint density at radius 2 is 1.87 bits per heavy atom. The highest BCUT2D eigenvalue weighted by atomic mass is 32.2. The number of hydrogen-bond donors (Lipinski definition) is 1. The normalized spacial score (nSPS) is 16.7. The fraction of sp³-hybridized carbons (Fsp3) is 0.364. The molecule has 2 amide bonds. The van der Waals surface area contributed by atoms with Gasteiger partial charge in [0.05, 0.1) is 17.3 Å². The number of hydrogen-bond acceptors (Lipinski definition) is 5. The largest absolute Gasteiger partial charge is 0.497 e. The van der Waals surface area contributed by atoms with Gasteiger partial charge in [-0.05, 0) is 68.3 Å². The van der Waals surface area contributed by atoms with E-state index >= 15 is 0 Å². The molecule has 0 fully saturated rings. The highest BCUT2D eigenvalue weighted by Gasteiger charge is 2.32. The molecule has 3 rings (SSSR count). The predicted molar refractivity (Wildman–Crippen MR) is 116 cm³/mol. The molecule has 1 heterocycles. The number of carbonyl (C=O) groups is 2. The van der Waals surface area contributed by atoms with Crippen molar-refractivity contribution in [3.8, 4) is 5.75 Å². The van der Waals surface area contributed by atoms with Crippen LogP contribution in [-0.4, -0.2) is 38.6 Å². The summed E-state index contributed by atoms with van der Waals surface area (Å²) in [5, 5.41) is 1.82. The van der Waals surface area contributed by atoms with Gasteiger partial charge in [-0.1, -0.05) is 0 Å². The van der Waals surface area contributed by atoms with Crippen molar-refractivity contribution >= 4 is 33.0 Å². The third-order valence-electron chi connectivity index (χ3n) is 5.31. The number of sulfone groups is 1. The Morgan fingerprint density at radius 1 is 1.20 bits per heavy atom. The van der Waals surface area contributed by atoms with E-state index < -0.39 is 15.1 Å². The first kappa shape index (κ1) is 21.8. The second-order valence-corrected chi connectivity index (χ2v) is 9.94. The summed E-state index contributed by atoms with van der Waals surface area (Å²) in [6.07, 6.45) is 0.437. The molecule has 0 radical (unpaired) electrons. The van der Waals surface area contributed by atoms with Gasteiger partial charge in [0.15, 0.2) is 9.84 Å². The molecule has 7 nitrogen and oxygen atoms in total. The number of nitrogens with one attached hydrogen (secondary N) is 1. The zero-order chi connectivity index (χ0) is 22.1. The Kier molecular flexibility index (Phi) is 6.17. The van der Waals surface area contributed by atoms with E-state index in [1.165, 1.54) is 19.9 Å². The lowest BCUT2D eigenvalue weighted by atomic mass is 10.1. The zero-order valence-electron chi connectivity index (χ0n) is 17.5. The second kappa shape index (κ2) is 8.47. The van der Waals surface area contributed by atoms with E-state index in [0.29, 0.717) is 17.9 Å². The van der Waals surface area contributed by atoms with Gasteiger partial charge in [0.25, 0.3) is 0 Å². The molecule has 160 valence electrons. The third kappa shape index (κ3) is 4.33. The molecule has 0 spiro atoms. The molecule has 2 aromatic carbocycles. The van der Waals surface area contributed by atoms with Crippen LogP contribution in [0.25, 0.3) is 0 Å². The lowest BCUT2D eigenvalue weighted by Crippen LogP contribution is -2.33. The van der Waals surface area contributed by atoms with Crippen LogP contribution in [0.15, 0.2) is 47.4 Å². The van der Waals surface area contributed by atoms with E-state index in [9.17, 15) is 18.0 Å². The molecule has 1 aliphatic heterocycles. The topological polar surface area (TPSA) is 92.8 Å². The molecule has 1 aliphatic rings. The van der Waals surface area contributed by atoms with Crippen molar-refractivity contribution < 1.29 is 22.7 Å². The summed E-state index contributed by atoms with van der Waals surface area (Å²) >= 11 is 0. The minimum Gasteiger partial charge on any atom is -0.497 e. The summed E-state index contributed by atoms with van der Waals surface area (Å²) in [6.45, 7) is 4.96. The van der Waals surface area contributed by atoms with Gasteiger partial charge in [-0.15, -0.1) is 0 Å². The molecule has 0 aromatic heterocycles. The number of methoxy groups -OCH3 is 1. The predicted octanol–water partition coefficient (Wildman–Crippen LogP) is 3.18. The van der Waals surface area contributed by atoms with E-state index in [-0.39, 0.29) is 29.2 Å². The second-order valence-electron chi connectivity index (χ2n) is 7.57. The van der Waals surface area contributed by atoms with Crippen LogP contribution in [0.4, 0.5) is 11.4 Å². The molecule has 0 saturated carbocycles. The maximum atomic E-state index is 13.0. The van der Waals surface area contributed by atoms with Crippen LogP contribution in [0.2, 0.25) is 0 Å². The molecule has 0 aliphatic carbocycles. The lowest BCUT2D eigenvalue weighted by molar-refractivity contribution is -0.117. The Labute approximate surface area is 177 Å². The summed E-state index contributed by atoms with van der Waals surface area (Å²) < 4.78 is 31.1. The van der Waals surface area contributed by atoms with E-state index in [4.69, 9.17) is 4.74 Å². The van der Waals surface area contributed by atoms with Crippen molar-refractivity contribution in [3.05, 3.63) is 48.0 Å². The van der Waals surface area contributed by atoms with Crippen LogP contribution >= 0.6 is 0 Å². The number of carbonyl (C=O) groups excluding carboxylic acids is 2. The summed E-state index contributed by atoms with van der Waals surface area (Å²) in [5.41, 5.74) is 2.15. The molecule has 0 bridgehead atoms. The Bertz CT molecular complexity index is 1060. The fourth-order valence-electron chi connectivity index (χ4n) is 3.75.